The molecule has 4 heteroatoms. The maximum atomic E-state index is 5.51. The third-order valence-corrected chi connectivity index (χ3v) is 1.92. The van der Waals surface area contributed by atoms with Gasteiger partial charge in [-0.25, -0.2) is 0 Å². The molecule has 1 saturated carbocycles. The third kappa shape index (κ3) is 1.53. The van der Waals surface area contributed by atoms with Crippen molar-refractivity contribution in [2.75, 3.05) is 5.88 Å². The van der Waals surface area contributed by atoms with Crippen LogP contribution in [0.3, 0.4) is 0 Å². The molecule has 0 N–H and O–H groups in total. The minimum atomic E-state index is 0.548. The number of rotatable bonds is 3. The highest BCUT2D eigenvalue weighted by Gasteiger charge is 2.28. The van der Waals surface area contributed by atoms with Crippen LogP contribution in [-0.4, -0.2) is 16.0 Å². The highest BCUT2D eigenvalue weighted by atomic mass is 35.5. The molecule has 0 unspecified atom stereocenters. The Morgan fingerprint density at radius 2 is 2.36 bits per heavy atom. The van der Waals surface area contributed by atoms with Gasteiger partial charge >= 0.3 is 0 Å². The van der Waals surface area contributed by atoms with Gasteiger partial charge in [0, 0.05) is 18.2 Å². The number of aryl methyl sites for hydroxylation is 1. The summed E-state index contributed by atoms with van der Waals surface area (Å²) in [6.07, 6.45) is 3.10. The Kier molecular flexibility index (Phi) is 1.82. The lowest BCUT2D eigenvalue weighted by molar-refractivity contribution is 0.377. The number of hydrogen-bond acceptors (Lipinski definition) is 3. The zero-order chi connectivity index (χ0) is 7.68. The van der Waals surface area contributed by atoms with Crippen LogP contribution in [0.25, 0.3) is 0 Å². The molecule has 1 aromatic heterocycles. The first-order chi connectivity index (χ1) is 5.40. The van der Waals surface area contributed by atoms with E-state index in [1.54, 1.807) is 0 Å². The Morgan fingerprint density at radius 3 is 3.00 bits per heavy atom. The summed E-state index contributed by atoms with van der Waals surface area (Å²) in [5.41, 5.74) is 0. The summed E-state index contributed by atoms with van der Waals surface area (Å²) < 4.78 is 4.96. The Hall–Kier alpha value is -0.570. The quantitative estimate of drug-likeness (QED) is 0.652. The molecule has 3 nitrogen and oxygen atoms in total. The monoisotopic (exact) mass is 172 g/mol. The maximum Gasteiger partial charge on any atom is 0.227 e. The molecular formula is C7H9ClN2O. The van der Waals surface area contributed by atoms with Gasteiger partial charge in [-0.05, 0) is 12.8 Å². The van der Waals surface area contributed by atoms with Gasteiger partial charge in [0.15, 0.2) is 5.82 Å². The van der Waals surface area contributed by atoms with E-state index >= 15 is 0 Å². The van der Waals surface area contributed by atoms with Crippen molar-refractivity contribution in [2.45, 2.75) is 25.2 Å². The van der Waals surface area contributed by atoms with Gasteiger partial charge in [-0.1, -0.05) is 5.16 Å². The molecule has 0 atom stereocenters. The molecule has 0 bridgehead atoms. The summed E-state index contributed by atoms with van der Waals surface area (Å²) in [6.45, 7) is 0. The molecule has 1 aromatic rings. The second-order valence-electron chi connectivity index (χ2n) is 2.76. The van der Waals surface area contributed by atoms with Gasteiger partial charge in [0.2, 0.25) is 5.89 Å². The normalized spacial score (nSPS) is 17.2. The highest BCUT2D eigenvalue weighted by molar-refractivity contribution is 6.17. The van der Waals surface area contributed by atoms with Crippen molar-refractivity contribution in [3.63, 3.8) is 0 Å². The van der Waals surface area contributed by atoms with Crippen molar-refractivity contribution >= 4 is 11.6 Å². The number of nitrogens with zero attached hydrogens (tertiary/aromatic N) is 2. The smallest absolute Gasteiger partial charge is 0.227 e. The van der Waals surface area contributed by atoms with Crippen LogP contribution in [0.2, 0.25) is 0 Å². The summed E-state index contributed by atoms with van der Waals surface area (Å²) in [7, 11) is 0. The number of aromatic nitrogens is 2. The third-order valence-electron chi connectivity index (χ3n) is 1.73. The number of alkyl halides is 1. The summed E-state index contributed by atoms with van der Waals surface area (Å²) in [4.78, 5) is 4.20. The first kappa shape index (κ1) is 7.10. The largest absolute Gasteiger partial charge is 0.339 e. The van der Waals surface area contributed by atoms with Gasteiger partial charge in [-0.3, -0.25) is 0 Å². The summed E-state index contributed by atoms with van der Waals surface area (Å²) in [5.74, 6) is 2.65. The number of halogens is 1. The molecule has 0 aromatic carbocycles. The van der Waals surface area contributed by atoms with E-state index in [9.17, 15) is 0 Å². The standard InChI is InChI=1S/C7H9ClN2O/c8-4-3-6-9-7(10-11-6)5-1-2-5/h5H,1-4H2. The van der Waals surface area contributed by atoms with E-state index in [1.807, 2.05) is 0 Å². The minimum Gasteiger partial charge on any atom is -0.339 e. The van der Waals surface area contributed by atoms with Gasteiger partial charge in [-0.15, -0.1) is 11.6 Å². The van der Waals surface area contributed by atoms with Gasteiger partial charge in [-0.2, -0.15) is 4.98 Å². The maximum absolute atomic E-state index is 5.51. The van der Waals surface area contributed by atoms with Crippen LogP contribution in [0.15, 0.2) is 4.52 Å². The van der Waals surface area contributed by atoms with Crippen molar-refractivity contribution in [3.8, 4) is 0 Å². The SMILES string of the molecule is ClCCc1nc(C2CC2)no1. The highest BCUT2D eigenvalue weighted by Crippen LogP contribution is 2.38. The summed E-state index contributed by atoms with van der Waals surface area (Å²) in [5, 5.41) is 3.85. The Morgan fingerprint density at radius 1 is 1.55 bits per heavy atom. The molecule has 1 heterocycles. The van der Waals surface area contributed by atoms with Crippen LogP contribution >= 0.6 is 11.6 Å². The molecule has 0 amide bonds. The molecule has 60 valence electrons. The Labute approximate surface area is 69.7 Å². The van der Waals surface area contributed by atoms with E-state index in [2.05, 4.69) is 10.1 Å². The van der Waals surface area contributed by atoms with E-state index in [-0.39, 0.29) is 0 Å². The molecule has 0 saturated heterocycles. The first-order valence-corrected chi connectivity index (χ1v) is 4.32. The summed E-state index contributed by atoms with van der Waals surface area (Å²) >= 11 is 5.51. The molecular weight excluding hydrogens is 164 g/mol. The fourth-order valence-electron chi connectivity index (χ4n) is 0.958. The zero-order valence-corrected chi connectivity index (χ0v) is 6.84. The second-order valence-corrected chi connectivity index (χ2v) is 3.14. The van der Waals surface area contributed by atoms with Crippen LogP contribution in [0, 0.1) is 0 Å². The van der Waals surface area contributed by atoms with E-state index in [0.717, 1.165) is 5.82 Å². The zero-order valence-electron chi connectivity index (χ0n) is 6.09. The molecule has 1 fully saturated rings. The van der Waals surface area contributed by atoms with E-state index in [0.29, 0.717) is 24.1 Å². The van der Waals surface area contributed by atoms with Crippen molar-refractivity contribution < 1.29 is 4.52 Å². The van der Waals surface area contributed by atoms with Crippen molar-refractivity contribution in [3.05, 3.63) is 11.7 Å². The average molecular weight is 173 g/mol. The van der Waals surface area contributed by atoms with Crippen molar-refractivity contribution in [1.29, 1.82) is 0 Å². The van der Waals surface area contributed by atoms with Crippen molar-refractivity contribution in [2.24, 2.45) is 0 Å². The van der Waals surface area contributed by atoms with E-state index in [1.165, 1.54) is 12.8 Å². The first-order valence-electron chi connectivity index (χ1n) is 3.78. The van der Waals surface area contributed by atoms with E-state index < -0.39 is 0 Å². The van der Waals surface area contributed by atoms with E-state index in [4.69, 9.17) is 16.1 Å². The molecule has 0 radical (unpaired) electrons. The average Bonchev–Trinajstić information content (AvgIpc) is 2.75. The lowest BCUT2D eigenvalue weighted by Gasteiger charge is -1.82. The van der Waals surface area contributed by atoms with Gasteiger partial charge in [0.1, 0.15) is 0 Å². The summed E-state index contributed by atoms with van der Waals surface area (Å²) in [6, 6.07) is 0. The van der Waals surface area contributed by atoms with Gasteiger partial charge in [0.05, 0.1) is 0 Å². The molecule has 2 rings (SSSR count). The van der Waals surface area contributed by atoms with Crippen LogP contribution in [0.1, 0.15) is 30.5 Å². The predicted molar refractivity (Wildman–Crippen MR) is 40.7 cm³/mol. The molecule has 1 aliphatic carbocycles. The topological polar surface area (TPSA) is 38.9 Å². The molecule has 11 heavy (non-hydrogen) atoms. The fraction of sp³-hybridized carbons (Fsp3) is 0.714. The Bertz CT molecular complexity index is 244. The van der Waals surface area contributed by atoms with Crippen LogP contribution in [0.5, 0.6) is 0 Å². The number of hydrogen-bond donors (Lipinski definition) is 0. The molecule has 0 aliphatic heterocycles. The van der Waals surface area contributed by atoms with Crippen LogP contribution < -0.4 is 0 Å². The fourth-order valence-corrected chi connectivity index (χ4v) is 1.12. The van der Waals surface area contributed by atoms with Crippen LogP contribution in [0.4, 0.5) is 0 Å². The lowest BCUT2D eigenvalue weighted by Crippen LogP contribution is -1.86. The lowest BCUT2D eigenvalue weighted by atomic mass is 10.4. The van der Waals surface area contributed by atoms with Crippen molar-refractivity contribution in [1.82, 2.24) is 10.1 Å². The minimum absolute atomic E-state index is 0.548. The molecule has 0 spiro atoms. The molecule has 1 aliphatic rings. The Balaban J connectivity index is 2.06. The van der Waals surface area contributed by atoms with Gasteiger partial charge < -0.3 is 4.52 Å². The predicted octanol–water partition coefficient (Wildman–Crippen LogP) is 1.73. The van der Waals surface area contributed by atoms with Gasteiger partial charge in [0.25, 0.3) is 0 Å². The van der Waals surface area contributed by atoms with Crippen LogP contribution in [-0.2, 0) is 6.42 Å². The second kappa shape index (κ2) is 2.81.